The molecule has 6 heteroatoms. The number of nitrogens with one attached hydrogen (secondary N) is 1. The second-order valence-electron chi connectivity index (χ2n) is 5.57. The molecule has 0 saturated heterocycles. The van der Waals surface area contributed by atoms with E-state index in [1.54, 1.807) is 0 Å². The second-order valence-corrected chi connectivity index (χ2v) is 5.57. The van der Waals surface area contributed by atoms with Crippen LogP contribution in [0.5, 0.6) is 0 Å². The van der Waals surface area contributed by atoms with Gasteiger partial charge in [0.15, 0.2) is 0 Å². The SMILES string of the molecule is COC(=O)C(Cc1ccccc1)NC(=O)C(N)Cc1ccccc1.Cl. The number of carbonyl (C=O) groups excluding carboxylic acids is 2. The molecule has 0 aliphatic heterocycles. The van der Waals surface area contributed by atoms with Crippen LogP contribution in [-0.4, -0.2) is 31.1 Å². The first-order valence-electron chi connectivity index (χ1n) is 7.81. The Hall–Kier alpha value is -2.37. The molecule has 0 aromatic heterocycles. The van der Waals surface area contributed by atoms with Crippen molar-refractivity contribution < 1.29 is 14.3 Å². The summed E-state index contributed by atoms with van der Waals surface area (Å²) in [6.07, 6.45) is 0.767. The van der Waals surface area contributed by atoms with Crippen molar-refractivity contribution in [2.24, 2.45) is 5.73 Å². The molecule has 2 aromatic rings. The number of halogens is 1. The van der Waals surface area contributed by atoms with Crippen molar-refractivity contribution in [2.45, 2.75) is 24.9 Å². The van der Waals surface area contributed by atoms with E-state index in [4.69, 9.17) is 10.5 Å². The highest BCUT2D eigenvalue weighted by Crippen LogP contribution is 2.06. The number of nitrogens with two attached hydrogens (primary N) is 1. The normalized spacial score (nSPS) is 12.4. The predicted molar refractivity (Wildman–Crippen MR) is 99.5 cm³/mol. The van der Waals surface area contributed by atoms with E-state index in [1.165, 1.54) is 7.11 Å². The number of benzene rings is 2. The standard InChI is InChI=1S/C19H22N2O3.ClH/c1-24-19(23)17(13-15-10-6-3-7-11-15)21-18(22)16(20)12-14-8-4-2-5-9-14;/h2-11,16-17H,12-13,20H2,1H3,(H,21,22);1H. The quantitative estimate of drug-likeness (QED) is 0.737. The largest absolute Gasteiger partial charge is 0.467 e. The van der Waals surface area contributed by atoms with Gasteiger partial charge in [-0.3, -0.25) is 4.79 Å². The van der Waals surface area contributed by atoms with Crippen molar-refractivity contribution in [3.8, 4) is 0 Å². The molecule has 2 rings (SSSR count). The van der Waals surface area contributed by atoms with E-state index in [0.717, 1.165) is 11.1 Å². The Morgan fingerprint density at radius 2 is 1.44 bits per heavy atom. The molecule has 2 aromatic carbocycles. The molecule has 0 fully saturated rings. The van der Waals surface area contributed by atoms with Gasteiger partial charge >= 0.3 is 5.97 Å². The van der Waals surface area contributed by atoms with Gasteiger partial charge in [-0.25, -0.2) is 4.79 Å². The van der Waals surface area contributed by atoms with Gasteiger partial charge in [0.05, 0.1) is 13.2 Å². The number of carbonyl (C=O) groups is 2. The van der Waals surface area contributed by atoms with Crippen LogP contribution in [-0.2, 0) is 27.2 Å². The number of hydrogen-bond donors (Lipinski definition) is 2. The fourth-order valence-electron chi connectivity index (χ4n) is 2.42. The zero-order valence-corrected chi connectivity index (χ0v) is 14.9. The molecular weight excluding hydrogens is 340 g/mol. The molecule has 2 atom stereocenters. The van der Waals surface area contributed by atoms with E-state index in [-0.39, 0.29) is 18.3 Å². The van der Waals surface area contributed by atoms with Gasteiger partial charge in [-0.05, 0) is 17.5 Å². The van der Waals surface area contributed by atoms with Gasteiger partial charge in [0.25, 0.3) is 0 Å². The zero-order chi connectivity index (χ0) is 17.4. The van der Waals surface area contributed by atoms with Crippen LogP contribution < -0.4 is 11.1 Å². The van der Waals surface area contributed by atoms with Crippen LogP contribution in [0.1, 0.15) is 11.1 Å². The molecule has 3 N–H and O–H groups in total. The van der Waals surface area contributed by atoms with Crippen molar-refractivity contribution in [1.29, 1.82) is 0 Å². The van der Waals surface area contributed by atoms with E-state index in [9.17, 15) is 9.59 Å². The first-order valence-corrected chi connectivity index (χ1v) is 7.81. The number of hydrogen-bond acceptors (Lipinski definition) is 4. The van der Waals surface area contributed by atoms with Crippen LogP contribution in [0.4, 0.5) is 0 Å². The first-order chi connectivity index (χ1) is 11.6. The number of amides is 1. The second kappa shape index (κ2) is 10.5. The van der Waals surface area contributed by atoms with E-state index in [0.29, 0.717) is 12.8 Å². The predicted octanol–water partition coefficient (Wildman–Crippen LogP) is 1.88. The summed E-state index contributed by atoms with van der Waals surface area (Å²) in [6, 6.07) is 17.5. The molecule has 0 heterocycles. The number of methoxy groups -OCH3 is 1. The van der Waals surface area contributed by atoms with Crippen LogP contribution in [0.25, 0.3) is 0 Å². The van der Waals surface area contributed by atoms with Crippen LogP contribution in [0.15, 0.2) is 60.7 Å². The highest BCUT2D eigenvalue weighted by molar-refractivity contribution is 5.87. The van der Waals surface area contributed by atoms with E-state index < -0.39 is 18.1 Å². The summed E-state index contributed by atoms with van der Waals surface area (Å²) in [4.78, 5) is 24.3. The molecule has 134 valence electrons. The van der Waals surface area contributed by atoms with Crippen molar-refractivity contribution >= 4 is 24.3 Å². The molecule has 0 bridgehead atoms. The lowest BCUT2D eigenvalue weighted by molar-refractivity contribution is -0.145. The van der Waals surface area contributed by atoms with Crippen molar-refractivity contribution in [3.05, 3.63) is 71.8 Å². The smallest absolute Gasteiger partial charge is 0.328 e. The highest BCUT2D eigenvalue weighted by Gasteiger charge is 2.24. The lowest BCUT2D eigenvalue weighted by Gasteiger charge is -2.19. The summed E-state index contributed by atoms with van der Waals surface area (Å²) in [5.41, 5.74) is 7.87. The molecular formula is C19H23ClN2O3. The van der Waals surface area contributed by atoms with Gasteiger partial charge in [-0.2, -0.15) is 0 Å². The lowest BCUT2D eigenvalue weighted by atomic mass is 10.0. The molecule has 0 spiro atoms. The topological polar surface area (TPSA) is 81.4 Å². The minimum absolute atomic E-state index is 0. The van der Waals surface area contributed by atoms with Crippen molar-refractivity contribution in [3.63, 3.8) is 0 Å². The Balaban J connectivity index is 0.00000312. The summed E-state index contributed by atoms with van der Waals surface area (Å²) in [7, 11) is 1.30. The average Bonchev–Trinajstić information content (AvgIpc) is 2.62. The molecule has 1 amide bonds. The third kappa shape index (κ3) is 6.57. The number of rotatable bonds is 7. The Morgan fingerprint density at radius 3 is 1.92 bits per heavy atom. The van der Waals surface area contributed by atoms with Crippen LogP contribution in [0, 0.1) is 0 Å². The van der Waals surface area contributed by atoms with Gasteiger partial charge in [0, 0.05) is 6.42 Å². The Kier molecular flexibility index (Phi) is 8.67. The summed E-state index contributed by atoms with van der Waals surface area (Å²) in [5, 5.41) is 2.70. The van der Waals surface area contributed by atoms with Crippen molar-refractivity contribution in [2.75, 3.05) is 7.11 Å². The van der Waals surface area contributed by atoms with Crippen LogP contribution in [0.2, 0.25) is 0 Å². The fourth-order valence-corrected chi connectivity index (χ4v) is 2.42. The third-order valence-corrected chi connectivity index (χ3v) is 3.72. The monoisotopic (exact) mass is 362 g/mol. The molecule has 0 radical (unpaired) electrons. The van der Waals surface area contributed by atoms with Gasteiger partial charge < -0.3 is 15.8 Å². The Morgan fingerprint density at radius 1 is 0.960 bits per heavy atom. The molecule has 5 nitrogen and oxygen atoms in total. The molecule has 0 aliphatic carbocycles. The van der Waals surface area contributed by atoms with E-state index in [1.807, 2.05) is 60.7 Å². The summed E-state index contributed by atoms with van der Waals surface area (Å²) < 4.78 is 4.79. The van der Waals surface area contributed by atoms with Gasteiger partial charge in [0.2, 0.25) is 5.91 Å². The van der Waals surface area contributed by atoms with E-state index >= 15 is 0 Å². The van der Waals surface area contributed by atoms with Crippen molar-refractivity contribution in [1.82, 2.24) is 5.32 Å². The summed E-state index contributed by atoms with van der Waals surface area (Å²) in [5.74, 6) is -0.857. The molecule has 2 unspecified atom stereocenters. The van der Waals surface area contributed by atoms with Crippen LogP contribution in [0.3, 0.4) is 0 Å². The molecule has 25 heavy (non-hydrogen) atoms. The minimum Gasteiger partial charge on any atom is -0.467 e. The van der Waals surface area contributed by atoms with Crippen LogP contribution >= 0.6 is 12.4 Å². The zero-order valence-electron chi connectivity index (χ0n) is 14.1. The lowest BCUT2D eigenvalue weighted by Crippen LogP contribution is -2.50. The van der Waals surface area contributed by atoms with E-state index in [2.05, 4.69) is 5.32 Å². The van der Waals surface area contributed by atoms with Gasteiger partial charge in [0.1, 0.15) is 6.04 Å². The Labute approximate surface area is 154 Å². The molecule has 0 aliphatic rings. The number of ether oxygens (including phenoxy) is 1. The highest BCUT2D eigenvalue weighted by atomic mass is 35.5. The number of esters is 1. The summed E-state index contributed by atoms with van der Waals surface area (Å²) in [6.45, 7) is 0. The third-order valence-electron chi connectivity index (χ3n) is 3.72. The maximum atomic E-state index is 12.3. The maximum Gasteiger partial charge on any atom is 0.328 e. The van der Waals surface area contributed by atoms with Gasteiger partial charge in [-0.1, -0.05) is 60.7 Å². The van der Waals surface area contributed by atoms with Gasteiger partial charge in [-0.15, -0.1) is 12.4 Å². The first kappa shape index (κ1) is 20.7. The average molecular weight is 363 g/mol. The fraction of sp³-hybridized carbons (Fsp3) is 0.263. The summed E-state index contributed by atoms with van der Waals surface area (Å²) >= 11 is 0. The Bertz CT molecular complexity index is 665. The molecule has 0 saturated carbocycles. The minimum atomic E-state index is -0.758. The maximum absolute atomic E-state index is 12.3.